The lowest BCUT2D eigenvalue weighted by atomic mass is 10.3. The van der Waals surface area contributed by atoms with Gasteiger partial charge in [0.05, 0.1) is 6.10 Å². The number of aliphatic hydroxyl groups is 1. The van der Waals surface area contributed by atoms with Crippen LogP contribution in [0.5, 0.6) is 0 Å². The monoisotopic (exact) mass is 154 g/mol. The molecule has 0 fully saturated rings. The Morgan fingerprint density at radius 3 is 2.11 bits per heavy atom. The maximum atomic E-state index is 10.00. The van der Waals surface area contributed by atoms with Crippen LogP contribution in [-0.4, -0.2) is 29.9 Å². The molecule has 1 atom stereocenters. The summed E-state index contributed by atoms with van der Waals surface area (Å²) in [6.45, 7) is 1.63. The van der Waals surface area contributed by atoms with Gasteiger partial charge in [0.2, 0.25) is 0 Å². The zero-order valence-corrected chi connectivity index (χ0v) is 5.93. The molecule has 5 heteroatoms. The molecule has 4 nitrogen and oxygen atoms in total. The van der Waals surface area contributed by atoms with Crippen molar-refractivity contribution < 1.29 is 18.1 Å². The lowest BCUT2D eigenvalue weighted by Gasteiger charge is -2.02. The van der Waals surface area contributed by atoms with Crippen LogP contribution in [0.4, 0.5) is 0 Å². The second-order valence-corrected chi connectivity index (χ2v) is 3.31. The Labute approximate surface area is 54.3 Å². The first-order chi connectivity index (χ1) is 3.95. The van der Waals surface area contributed by atoms with Gasteiger partial charge in [-0.2, -0.15) is 8.42 Å². The number of hydrogen-bond acceptors (Lipinski definition) is 3. The van der Waals surface area contributed by atoms with Gasteiger partial charge in [0, 0.05) is 0 Å². The van der Waals surface area contributed by atoms with E-state index in [4.69, 9.17) is 9.66 Å². The molecule has 0 spiro atoms. The number of rotatable bonds is 3. The largest absolute Gasteiger partial charge is 0.392 e. The summed E-state index contributed by atoms with van der Waals surface area (Å²) in [4.78, 5) is 0. The van der Waals surface area contributed by atoms with Crippen molar-refractivity contribution in [2.45, 2.75) is 19.4 Å². The zero-order chi connectivity index (χ0) is 7.49. The van der Waals surface area contributed by atoms with Crippen LogP contribution in [0.1, 0.15) is 13.3 Å². The van der Waals surface area contributed by atoms with E-state index in [1.165, 1.54) is 0 Å². The Bertz CT molecular complexity index is 159. The lowest BCUT2D eigenvalue weighted by Crippen LogP contribution is -2.18. The highest BCUT2D eigenvalue weighted by Gasteiger charge is 2.10. The summed E-state index contributed by atoms with van der Waals surface area (Å²) in [7, 11) is -3.99. The van der Waals surface area contributed by atoms with Gasteiger partial charge in [-0.05, 0) is 6.42 Å². The molecule has 0 rings (SSSR count). The minimum absolute atomic E-state index is 0.333. The second kappa shape index (κ2) is 3.14. The minimum atomic E-state index is -3.99. The molecule has 2 N–H and O–H groups in total. The van der Waals surface area contributed by atoms with Crippen LogP contribution in [0.25, 0.3) is 0 Å². The van der Waals surface area contributed by atoms with E-state index in [2.05, 4.69) is 0 Å². The zero-order valence-electron chi connectivity index (χ0n) is 5.11. The van der Waals surface area contributed by atoms with Gasteiger partial charge in [-0.1, -0.05) is 6.92 Å². The van der Waals surface area contributed by atoms with Crippen LogP contribution >= 0.6 is 0 Å². The molecule has 0 saturated heterocycles. The van der Waals surface area contributed by atoms with E-state index in [9.17, 15) is 8.42 Å². The second-order valence-electron chi connectivity index (χ2n) is 1.81. The molecule has 9 heavy (non-hydrogen) atoms. The SMILES string of the molecule is CC[C@H](O)CS(=O)(=O)O. The van der Waals surface area contributed by atoms with Gasteiger partial charge in [-0.25, -0.2) is 0 Å². The Balaban J connectivity index is 3.75. The first-order valence-corrected chi connectivity index (χ1v) is 4.20. The van der Waals surface area contributed by atoms with Crippen LogP contribution in [0.15, 0.2) is 0 Å². The van der Waals surface area contributed by atoms with E-state index < -0.39 is 22.0 Å². The van der Waals surface area contributed by atoms with Crippen molar-refractivity contribution >= 4 is 10.1 Å². The molecule has 0 unspecified atom stereocenters. The molecule has 0 aromatic carbocycles. The summed E-state index contributed by atoms with van der Waals surface area (Å²) in [5.74, 6) is -0.566. The standard InChI is InChI=1S/C4H10O4S/c1-2-4(5)3-9(6,7)8/h4-5H,2-3H2,1H3,(H,6,7,8)/t4-/m0/s1. The molecule has 0 aromatic rings. The maximum Gasteiger partial charge on any atom is 0.267 e. The third kappa shape index (κ3) is 5.75. The van der Waals surface area contributed by atoms with Gasteiger partial charge < -0.3 is 5.11 Å². The van der Waals surface area contributed by atoms with Gasteiger partial charge in [-0.15, -0.1) is 0 Å². The van der Waals surface area contributed by atoms with E-state index in [1.807, 2.05) is 0 Å². The fraction of sp³-hybridized carbons (Fsp3) is 1.00. The van der Waals surface area contributed by atoms with Crippen molar-refractivity contribution in [3.8, 4) is 0 Å². The first kappa shape index (κ1) is 8.87. The third-order valence-corrected chi connectivity index (χ3v) is 1.68. The molecule has 0 heterocycles. The number of hydrogen-bond donors (Lipinski definition) is 2. The van der Waals surface area contributed by atoms with Gasteiger partial charge in [0.1, 0.15) is 5.75 Å². The van der Waals surface area contributed by atoms with Crippen molar-refractivity contribution in [2.75, 3.05) is 5.75 Å². The predicted molar refractivity (Wildman–Crippen MR) is 32.7 cm³/mol. The molecule has 0 radical (unpaired) electrons. The third-order valence-electron chi connectivity index (χ3n) is 0.874. The predicted octanol–water partition coefficient (Wildman–Crippen LogP) is -0.355. The van der Waals surface area contributed by atoms with Gasteiger partial charge >= 0.3 is 0 Å². The smallest absolute Gasteiger partial charge is 0.267 e. The summed E-state index contributed by atoms with van der Waals surface area (Å²) >= 11 is 0. The van der Waals surface area contributed by atoms with Crippen molar-refractivity contribution in [3.63, 3.8) is 0 Å². The van der Waals surface area contributed by atoms with Crippen molar-refractivity contribution in [1.29, 1.82) is 0 Å². The highest BCUT2D eigenvalue weighted by molar-refractivity contribution is 7.85. The Morgan fingerprint density at radius 1 is 1.56 bits per heavy atom. The topological polar surface area (TPSA) is 74.6 Å². The van der Waals surface area contributed by atoms with E-state index in [0.717, 1.165) is 0 Å². The highest BCUT2D eigenvalue weighted by atomic mass is 32.2. The molecule has 0 aliphatic carbocycles. The Kier molecular flexibility index (Phi) is 3.10. The lowest BCUT2D eigenvalue weighted by molar-refractivity contribution is 0.190. The molecule has 0 saturated carbocycles. The van der Waals surface area contributed by atoms with E-state index >= 15 is 0 Å². The van der Waals surface area contributed by atoms with E-state index in [1.54, 1.807) is 6.92 Å². The summed E-state index contributed by atoms with van der Waals surface area (Å²) in [5, 5.41) is 8.65. The fourth-order valence-corrected chi connectivity index (χ4v) is 1.08. The molecule has 0 bridgehead atoms. The van der Waals surface area contributed by atoms with Gasteiger partial charge in [0.25, 0.3) is 10.1 Å². The first-order valence-electron chi connectivity index (χ1n) is 2.59. The quantitative estimate of drug-likeness (QED) is 0.544. The van der Waals surface area contributed by atoms with E-state index in [0.29, 0.717) is 6.42 Å². The van der Waals surface area contributed by atoms with E-state index in [-0.39, 0.29) is 0 Å². The molecule has 0 amide bonds. The summed E-state index contributed by atoms with van der Waals surface area (Å²) in [6.07, 6.45) is -0.611. The Morgan fingerprint density at radius 2 is 2.00 bits per heavy atom. The summed E-state index contributed by atoms with van der Waals surface area (Å²) in [5.41, 5.74) is 0. The van der Waals surface area contributed by atoms with Crippen LogP contribution < -0.4 is 0 Å². The van der Waals surface area contributed by atoms with Crippen LogP contribution in [0, 0.1) is 0 Å². The van der Waals surface area contributed by atoms with Crippen molar-refractivity contribution in [1.82, 2.24) is 0 Å². The molecule has 0 aliphatic rings. The maximum absolute atomic E-state index is 10.00. The number of aliphatic hydroxyl groups excluding tert-OH is 1. The fourth-order valence-electron chi connectivity index (χ4n) is 0.361. The summed E-state index contributed by atoms with van der Waals surface area (Å²) in [6, 6.07) is 0. The van der Waals surface area contributed by atoms with Crippen LogP contribution in [0.3, 0.4) is 0 Å². The highest BCUT2D eigenvalue weighted by Crippen LogP contribution is 1.93. The van der Waals surface area contributed by atoms with Crippen molar-refractivity contribution in [3.05, 3.63) is 0 Å². The van der Waals surface area contributed by atoms with Crippen LogP contribution in [-0.2, 0) is 10.1 Å². The van der Waals surface area contributed by atoms with Crippen LogP contribution in [0.2, 0.25) is 0 Å². The average molecular weight is 154 g/mol. The Hall–Kier alpha value is -0.130. The van der Waals surface area contributed by atoms with Crippen molar-refractivity contribution in [2.24, 2.45) is 0 Å². The molecule has 0 aromatic heterocycles. The summed E-state index contributed by atoms with van der Waals surface area (Å²) < 4.78 is 28.1. The van der Waals surface area contributed by atoms with Gasteiger partial charge in [-0.3, -0.25) is 4.55 Å². The molecular formula is C4H10O4S. The molecular weight excluding hydrogens is 144 g/mol. The average Bonchev–Trinajstić information content (AvgIpc) is 1.62. The molecule has 56 valence electrons. The van der Waals surface area contributed by atoms with Gasteiger partial charge in [0.15, 0.2) is 0 Å². The normalized spacial score (nSPS) is 15.4. The molecule has 0 aliphatic heterocycles. The minimum Gasteiger partial charge on any atom is -0.392 e.